The normalized spacial score (nSPS) is 10.5. The maximum Gasteiger partial charge on any atom is 0.255 e. The van der Waals surface area contributed by atoms with Crippen LogP contribution in [0.15, 0.2) is 24.8 Å². The standard InChI is InChI=1S/C13H18N6O/c1-10-12(8-18-19(10)6-2-4-14)13(20)16-7-11-3-5-15-9-17-11/h3,5,8-9H,2,4,6-7,14H2,1H3,(H,16,20). The van der Waals surface area contributed by atoms with Crippen LogP contribution in [0.25, 0.3) is 0 Å². The molecule has 0 saturated carbocycles. The maximum atomic E-state index is 12.1. The Labute approximate surface area is 117 Å². The number of hydrogen-bond acceptors (Lipinski definition) is 5. The van der Waals surface area contributed by atoms with E-state index in [-0.39, 0.29) is 5.91 Å². The van der Waals surface area contributed by atoms with Gasteiger partial charge in [-0.3, -0.25) is 9.48 Å². The van der Waals surface area contributed by atoms with Gasteiger partial charge >= 0.3 is 0 Å². The molecule has 0 fully saturated rings. The number of carbonyl (C=O) groups excluding carboxylic acids is 1. The number of nitrogens with zero attached hydrogens (tertiary/aromatic N) is 4. The fraction of sp³-hybridized carbons (Fsp3) is 0.385. The number of nitrogens with one attached hydrogen (secondary N) is 1. The number of aryl methyl sites for hydroxylation is 1. The van der Waals surface area contributed by atoms with Crippen LogP contribution < -0.4 is 11.1 Å². The van der Waals surface area contributed by atoms with Gasteiger partial charge in [0.05, 0.1) is 24.0 Å². The predicted octanol–water partition coefficient (Wildman–Crippen LogP) is 0.260. The van der Waals surface area contributed by atoms with Crippen molar-refractivity contribution in [1.29, 1.82) is 0 Å². The summed E-state index contributed by atoms with van der Waals surface area (Å²) in [5, 5.41) is 7.02. The lowest BCUT2D eigenvalue weighted by Gasteiger charge is -2.05. The molecule has 2 heterocycles. The van der Waals surface area contributed by atoms with E-state index in [1.165, 1.54) is 6.33 Å². The van der Waals surface area contributed by atoms with E-state index in [1.54, 1.807) is 23.1 Å². The molecule has 0 aliphatic heterocycles. The van der Waals surface area contributed by atoms with Crippen LogP contribution in [0.1, 0.15) is 28.2 Å². The van der Waals surface area contributed by atoms with E-state index in [1.807, 2.05) is 6.92 Å². The summed E-state index contributed by atoms with van der Waals surface area (Å²) in [7, 11) is 0. The van der Waals surface area contributed by atoms with Gasteiger partial charge in [0.15, 0.2) is 0 Å². The molecule has 0 unspecified atom stereocenters. The molecule has 7 nitrogen and oxygen atoms in total. The van der Waals surface area contributed by atoms with E-state index < -0.39 is 0 Å². The smallest absolute Gasteiger partial charge is 0.255 e. The van der Waals surface area contributed by atoms with Gasteiger partial charge in [-0.25, -0.2) is 9.97 Å². The van der Waals surface area contributed by atoms with Crippen molar-refractivity contribution in [3.8, 4) is 0 Å². The lowest BCUT2D eigenvalue weighted by atomic mass is 10.2. The summed E-state index contributed by atoms with van der Waals surface area (Å²) in [6.07, 6.45) is 5.52. The van der Waals surface area contributed by atoms with E-state index in [0.717, 1.165) is 24.4 Å². The Morgan fingerprint density at radius 1 is 1.50 bits per heavy atom. The monoisotopic (exact) mass is 274 g/mol. The second-order valence-electron chi connectivity index (χ2n) is 4.39. The molecule has 0 radical (unpaired) electrons. The Hall–Kier alpha value is -2.28. The van der Waals surface area contributed by atoms with Gasteiger partial charge in [-0.15, -0.1) is 0 Å². The highest BCUT2D eigenvalue weighted by atomic mass is 16.1. The average Bonchev–Trinajstić information content (AvgIpc) is 2.85. The van der Waals surface area contributed by atoms with E-state index >= 15 is 0 Å². The van der Waals surface area contributed by atoms with Crippen LogP contribution in [0.3, 0.4) is 0 Å². The fourth-order valence-corrected chi connectivity index (χ4v) is 1.82. The molecule has 0 saturated heterocycles. The van der Waals surface area contributed by atoms with E-state index in [0.29, 0.717) is 18.7 Å². The molecule has 0 bridgehead atoms. The second-order valence-corrected chi connectivity index (χ2v) is 4.39. The van der Waals surface area contributed by atoms with E-state index in [4.69, 9.17) is 5.73 Å². The topological polar surface area (TPSA) is 98.7 Å². The minimum Gasteiger partial charge on any atom is -0.346 e. The van der Waals surface area contributed by atoms with Crippen LogP contribution in [-0.4, -0.2) is 32.2 Å². The third kappa shape index (κ3) is 3.39. The average molecular weight is 274 g/mol. The number of rotatable bonds is 6. The number of nitrogens with two attached hydrogens (primary N) is 1. The van der Waals surface area contributed by atoms with Crippen molar-refractivity contribution in [2.24, 2.45) is 5.73 Å². The summed E-state index contributed by atoms with van der Waals surface area (Å²) in [4.78, 5) is 20.0. The van der Waals surface area contributed by atoms with Gasteiger partial charge in [-0.05, 0) is 26.0 Å². The first-order valence-electron chi connectivity index (χ1n) is 6.48. The zero-order valence-electron chi connectivity index (χ0n) is 11.4. The largest absolute Gasteiger partial charge is 0.346 e. The summed E-state index contributed by atoms with van der Waals surface area (Å²) in [6.45, 7) is 3.58. The van der Waals surface area contributed by atoms with Crippen molar-refractivity contribution in [1.82, 2.24) is 25.1 Å². The number of hydrogen-bond donors (Lipinski definition) is 2. The fourth-order valence-electron chi connectivity index (χ4n) is 1.82. The van der Waals surface area contributed by atoms with Crippen LogP contribution in [0.5, 0.6) is 0 Å². The zero-order valence-corrected chi connectivity index (χ0v) is 11.4. The quantitative estimate of drug-likeness (QED) is 0.787. The maximum absolute atomic E-state index is 12.1. The highest BCUT2D eigenvalue weighted by Crippen LogP contribution is 2.08. The molecular formula is C13H18N6O. The molecule has 0 aliphatic carbocycles. The third-order valence-corrected chi connectivity index (χ3v) is 3.00. The molecule has 2 rings (SSSR count). The van der Waals surface area contributed by atoms with Crippen LogP contribution in [-0.2, 0) is 13.1 Å². The van der Waals surface area contributed by atoms with Gasteiger partial charge < -0.3 is 11.1 Å². The van der Waals surface area contributed by atoms with Crippen molar-refractivity contribution in [2.45, 2.75) is 26.4 Å². The molecular weight excluding hydrogens is 256 g/mol. The molecule has 0 aliphatic rings. The lowest BCUT2D eigenvalue weighted by Crippen LogP contribution is -2.24. The Bertz CT molecular complexity index is 565. The Morgan fingerprint density at radius 2 is 2.35 bits per heavy atom. The van der Waals surface area contributed by atoms with Crippen LogP contribution in [0.2, 0.25) is 0 Å². The summed E-state index contributed by atoms with van der Waals surface area (Å²) in [5.41, 5.74) is 7.66. The molecule has 2 aromatic heterocycles. The minimum absolute atomic E-state index is 0.153. The van der Waals surface area contributed by atoms with Gasteiger partial charge in [-0.1, -0.05) is 0 Å². The highest BCUT2D eigenvalue weighted by molar-refractivity contribution is 5.94. The Balaban J connectivity index is 1.97. The number of aromatic nitrogens is 4. The highest BCUT2D eigenvalue weighted by Gasteiger charge is 2.13. The summed E-state index contributed by atoms with van der Waals surface area (Å²) in [5.74, 6) is -0.153. The molecule has 1 amide bonds. The predicted molar refractivity (Wildman–Crippen MR) is 73.8 cm³/mol. The third-order valence-electron chi connectivity index (χ3n) is 3.00. The first-order chi connectivity index (χ1) is 9.72. The van der Waals surface area contributed by atoms with Gasteiger partial charge in [0.25, 0.3) is 5.91 Å². The molecule has 3 N–H and O–H groups in total. The van der Waals surface area contributed by atoms with Gasteiger partial charge in [-0.2, -0.15) is 5.10 Å². The van der Waals surface area contributed by atoms with Crippen molar-refractivity contribution in [2.75, 3.05) is 6.54 Å². The molecule has 0 atom stereocenters. The van der Waals surface area contributed by atoms with Crippen molar-refractivity contribution in [3.63, 3.8) is 0 Å². The number of amides is 1. The lowest BCUT2D eigenvalue weighted by molar-refractivity contribution is 0.0949. The van der Waals surface area contributed by atoms with E-state index in [2.05, 4.69) is 20.4 Å². The van der Waals surface area contributed by atoms with Crippen molar-refractivity contribution < 1.29 is 4.79 Å². The van der Waals surface area contributed by atoms with Crippen LogP contribution in [0, 0.1) is 6.92 Å². The van der Waals surface area contributed by atoms with Crippen molar-refractivity contribution >= 4 is 5.91 Å². The van der Waals surface area contributed by atoms with Gasteiger partial charge in [0.2, 0.25) is 0 Å². The molecule has 0 aromatic carbocycles. The SMILES string of the molecule is Cc1c(C(=O)NCc2ccncn2)cnn1CCCN. The molecule has 0 spiro atoms. The van der Waals surface area contributed by atoms with Gasteiger partial charge in [0.1, 0.15) is 6.33 Å². The first kappa shape index (κ1) is 14.1. The van der Waals surface area contributed by atoms with Crippen LogP contribution in [0.4, 0.5) is 0 Å². The molecule has 106 valence electrons. The summed E-state index contributed by atoms with van der Waals surface area (Å²) in [6, 6.07) is 1.76. The van der Waals surface area contributed by atoms with Gasteiger partial charge in [0, 0.05) is 18.4 Å². The first-order valence-corrected chi connectivity index (χ1v) is 6.48. The minimum atomic E-state index is -0.153. The van der Waals surface area contributed by atoms with Crippen LogP contribution >= 0.6 is 0 Å². The molecule has 20 heavy (non-hydrogen) atoms. The molecule has 2 aromatic rings. The number of carbonyl (C=O) groups is 1. The zero-order chi connectivity index (χ0) is 14.4. The summed E-state index contributed by atoms with van der Waals surface area (Å²) >= 11 is 0. The Kier molecular flexibility index (Phi) is 4.78. The second kappa shape index (κ2) is 6.76. The van der Waals surface area contributed by atoms with E-state index in [9.17, 15) is 4.79 Å². The molecule has 7 heteroatoms. The Morgan fingerprint density at radius 3 is 3.05 bits per heavy atom. The summed E-state index contributed by atoms with van der Waals surface area (Å²) < 4.78 is 1.80. The van der Waals surface area contributed by atoms with Crippen molar-refractivity contribution in [3.05, 3.63) is 41.7 Å².